The fourth-order valence-corrected chi connectivity index (χ4v) is 6.63. The molecule has 200 valence electrons. The van der Waals surface area contributed by atoms with Crippen LogP contribution in [0.3, 0.4) is 0 Å². The molecule has 0 radical (unpaired) electrons. The number of benzene rings is 3. The van der Waals surface area contributed by atoms with E-state index in [1.165, 1.54) is 11.1 Å². The van der Waals surface area contributed by atoms with Crippen LogP contribution in [-0.4, -0.2) is 63.3 Å². The molecule has 3 aromatic carbocycles. The van der Waals surface area contributed by atoms with E-state index < -0.39 is 0 Å². The number of fused-ring (bicyclic) bond motifs is 3. The van der Waals surface area contributed by atoms with Crippen molar-refractivity contribution >= 4 is 23.4 Å². The van der Waals surface area contributed by atoms with Gasteiger partial charge in [-0.15, -0.1) is 0 Å². The predicted octanol–water partition coefficient (Wildman–Crippen LogP) is 5.18. The number of ether oxygens (including phenoxy) is 2. The Balaban J connectivity index is 1.13. The SMILES string of the molecule is Cc1cc(N2CCOC2=O)ccc1-c1ccc(C(=O)N2CCc3cc4c(cc32)C2(CCN(C)CC2)CO4)cc1. The Morgan fingerprint density at radius 1 is 0.923 bits per heavy atom. The van der Waals surface area contributed by atoms with Gasteiger partial charge in [0.25, 0.3) is 5.91 Å². The van der Waals surface area contributed by atoms with Gasteiger partial charge in [0.1, 0.15) is 12.4 Å². The maximum absolute atomic E-state index is 13.7. The predicted molar refractivity (Wildman–Crippen MR) is 151 cm³/mol. The first-order valence-corrected chi connectivity index (χ1v) is 13.9. The molecule has 39 heavy (non-hydrogen) atoms. The third-order valence-corrected chi connectivity index (χ3v) is 9.07. The van der Waals surface area contributed by atoms with Crippen LogP contribution in [0.15, 0.2) is 54.6 Å². The number of carbonyl (C=O) groups is 2. The van der Waals surface area contributed by atoms with Crippen molar-refractivity contribution in [2.75, 3.05) is 56.2 Å². The molecule has 0 aromatic heterocycles. The van der Waals surface area contributed by atoms with Gasteiger partial charge < -0.3 is 19.3 Å². The van der Waals surface area contributed by atoms with E-state index in [1.54, 1.807) is 4.90 Å². The standard InChI is InChI=1S/C32H33N3O4/c1-21-17-25(34-15-16-38-31(34)37)7-8-26(21)22-3-5-23(6-4-22)30(36)35-12-9-24-18-29-27(19-28(24)35)32(20-39-29)10-13-33(2)14-11-32/h3-8,17-19H,9-16,20H2,1-2H3. The van der Waals surface area contributed by atoms with E-state index in [-0.39, 0.29) is 17.4 Å². The normalized spacial score (nSPS) is 19.7. The van der Waals surface area contributed by atoms with Gasteiger partial charge in [-0.2, -0.15) is 0 Å². The Bertz CT molecular complexity index is 1470. The van der Waals surface area contributed by atoms with Crippen LogP contribution in [0.25, 0.3) is 11.1 Å². The van der Waals surface area contributed by atoms with E-state index in [2.05, 4.69) is 24.1 Å². The summed E-state index contributed by atoms with van der Waals surface area (Å²) in [5.41, 5.74) is 8.31. The first kappa shape index (κ1) is 24.2. The molecule has 2 amide bonds. The van der Waals surface area contributed by atoms with Crippen molar-refractivity contribution in [3.05, 3.63) is 76.9 Å². The summed E-state index contributed by atoms with van der Waals surface area (Å²) in [7, 11) is 2.18. The minimum Gasteiger partial charge on any atom is -0.492 e. The summed E-state index contributed by atoms with van der Waals surface area (Å²) < 4.78 is 11.3. The third kappa shape index (κ3) is 3.98. The lowest BCUT2D eigenvalue weighted by Gasteiger charge is -2.37. The van der Waals surface area contributed by atoms with Gasteiger partial charge in [0, 0.05) is 34.5 Å². The van der Waals surface area contributed by atoms with Gasteiger partial charge in [-0.3, -0.25) is 9.69 Å². The van der Waals surface area contributed by atoms with Crippen LogP contribution >= 0.6 is 0 Å². The van der Waals surface area contributed by atoms with Crippen molar-refractivity contribution in [2.45, 2.75) is 31.6 Å². The number of nitrogens with zero attached hydrogens (tertiary/aromatic N) is 3. The molecule has 3 aromatic rings. The number of likely N-dealkylation sites (tertiary alicyclic amines) is 1. The lowest BCUT2D eigenvalue weighted by Crippen LogP contribution is -2.42. The van der Waals surface area contributed by atoms with Gasteiger partial charge in [-0.25, -0.2) is 4.79 Å². The van der Waals surface area contributed by atoms with Crippen LogP contribution in [0.5, 0.6) is 5.75 Å². The first-order chi connectivity index (χ1) is 18.9. The number of rotatable bonds is 3. The Morgan fingerprint density at radius 2 is 1.72 bits per heavy atom. The summed E-state index contributed by atoms with van der Waals surface area (Å²) in [4.78, 5) is 31.6. The molecule has 0 aliphatic carbocycles. The number of aryl methyl sites for hydroxylation is 1. The summed E-state index contributed by atoms with van der Waals surface area (Å²) in [6.45, 7) is 6.61. The van der Waals surface area contributed by atoms with E-state index >= 15 is 0 Å². The molecule has 4 heterocycles. The second-order valence-electron chi connectivity index (χ2n) is 11.4. The summed E-state index contributed by atoms with van der Waals surface area (Å²) >= 11 is 0. The van der Waals surface area contributed by atoms with E-state index in [0.717, 1.165) is 72.8 Å². The fraction of sp³-hybridized carbons (Fsp3) is 0.375. The van der Waals surface area contributed by atoms with Crippen molar-refractivity contribution in [1.82, 2.24) is 4.90 Å². The average molecular weight is 524 g/mol. The Labute approximate surface area is 228 Å². The lowest BCUT2D eigenvalue weighted by atomic mass is 9.74. The lowest BCUT2D eigenvalue weighted by molar-refractivity contribution is 0.0989. The minimum atomic E-state index is -0.299. The Kier molecular flexibility index (Phi) is 5.67. The molecular formula is C32H33N3O4. The highest BCUT2D eigenvalue weighted by molar-refractivity contribution is 6.07. The molecule has 2 saturated heterocycles. The zero-order valence-electron chi connectivity index (χ0n) is 22.5. The first-order valence-electron chi connectivity index (χ1n) is 13.9. The number of cyclic esters (lactones) is 1. The van der Waals surface area contributed by atoms with Crippen molar-refractivity contribution in [3.63, 3.8) is 0 Å². The van der Waals surface area contributed by atoms with E-state index in [9.17, 15) is 9.59 Å². The van der Waals surface area contributed by atoms with E-state index in [1.807, 2.05) is 54.3 Å². The van der Waals surface area contributed by atoms with Crippen molar-refractivity contribution in [3.8, 4) is 16.9 Å². The molecule has 2 fully saturated rings. The molecule has 4 aliphatic rings. The van der Waals surface area contributed by atoms with E-state index in [0.29, 0.717) is 25.3 Å². The van der Waals surface area contributed by atoms with Gasteiger partial charge in [0.05, 0.1) is 13.2 Å². The molecule has 1 spiro atoms. The highest BCUT2D eigenvalue weighted by atomic mass is 16.6. The summed E-state index contributed by atoms with van der Waals surface area (Å²) in [5, 5.41) is 0. The molecular weight excluding hydrogens is 490 g/mol. The van der Waals surface area contributed by atoms with Gasteiger partial charge in [0.15, 0.2) is 0 Å². The Morgan fingerprint density at radius 3 is 2.44 bits per heavy atom. The average Bonchev–Trinajstić information content (AvgIpc) is 3.66. The molecule has 7 rings (SSSR count). The van der Waals surface area contributed by atoms with Gasteiger partial charge >= 0.3 is 6.09 Å². The van der Waals surface area contributed by atoms with Gasteiger partial charge in [-0.05, 0) is 105 Å². The number of amides is 2. The van der Waals surface area contributed by atoms with Crippen molar-refractivity contribution in [2.24, 2.45) is 0 Å². The fourth-order valence-electron chi connectivity index (χ4n) is 6.63. The molecule has 7 nitrogen and oxygen atoms in total. The molecule has 0 bridgehead atoms. The highest BCUT2D eigenvalue weighted by Gasteiger charge is 2.44. The third-order valence-electron chi connectivity index (χ3n) is 9.07. The molecule has 0 unspecified atom stereocenters. The number of hydrogen-bond donors (Lipinski definition) is 0. The molecule has 0 saturated carbocycles. The summed E-state index contributed by atoms with van der Waals surface area (Å²) in [6, 6.07) is 18.3. The van der Waals surface area contributed by atoms with Crippen molar-refractivity contribution < 1.29 is 19.1 Å². The number of carbonyl (C=O) groups excluding carboxylic acids is 2. The number of piperidine rings is 1. The Hall–Kier alpha value is -3.84. The monoisotopic (exact) mass is 523 g/mol. The van der Waals surface area contributed by atoms with Crippen LogP contribution in [0.4, 0.5) is 16.2 Å². The number of hydrogen-bond acceptors (Lipinski definition) is 5. The maximum Gasteiger partial charge on any atom is 0.414 e. The van der Waals surface area contributed by atoms with Crippen LogP contribution < -0.4 is 14.5 Å². The van der Waals surface area contributed by atoms with Crippen LogP contribution in [-0.2, 0) is 16.6 Å². The summed E-state index contributed by atoms with van der Waals surface area (Å²) in [5.74, 6) is 1.05. The van der Waals surface area contributed by atoms with Crippen LogP contribution in [0.1, 0.15) is 39.9 Å². The molecule has 0 atom stereocenters. The van der Waals surface area contributed by atoms with Crippen molar-refractivity contribution in [1.29, 1.82) is 0 Å². The van der Waals surface area contributed by atoms with Crippen LogP contribution in [0, 0.1) is 6.92 Å². The highest BCUT2D eigenvalue weighted by Crippen LogP contribution is 2.49. The molecule has 4 aliphatic heterocycles. The smallest absolute Gasteiger partial charge is 0.414 e. The van der Waals surface area contributed by atoms with Gasteiger partial charge in [-0.1, -0.05) is 18.2 Å². The van der Waals surface area contributed by atoms with Gasteiger partial charge in [0.2, 0.25) is 0 Å². The minimum absolute atomic E-state index is 0.0382. The summed E-state index contributed by atoms with van der Waals surface area (Å²) in [6.07, 6.45) is 2.73. The second-order valence-corrected chi connectivity index (χ2v) is 11.4. The van der Waals surface area contributed by atoms with E-state index in [4.69, 9.17) is 9.47 Å². The second kappa shape index (κ2) is 9.12. The maximum atomic E-state index is 13.7. The van der Waals surface area contributed by atoms with Crippen LogP contribution in [0.2, 0.25) is 0 Å². The zero-order valence-corrected chi connectivity index (χ0v) is 22.5. The molecule has 7 heteroatoms. The molecule has 0 N–H and O–H groups in total. The topological polar surface area (TPSA) is 62.3 Å². The number of anilines is 2. The quantitative estimate of drug-likeness (QED) is 0.474. The zero-order chi connectivity index (χ0) is 26.7. The largest absolute Gasteiger partial charge is 0.492 e.